The van der Waals surface area contributed by atoms with Gasteiger partial charge in [-0.25, -0.2) is 13.8 Å². The summed E-state index contributed by atoms with van der Waals surface area (Å²) in [6, 6.07) is 10.2. The topological polar surface area (TPSA) is 85.8 Å². The Morgan fingerprint density at radius 2 is 1.87 bits per heavy atom. The lowest BCUT2D eigenvalue weighted by Gasteiger charge is -2.08. The summed E-state index contributed by atoms with van der Waals surface area (Å²) in [5, 5.41) is 6.56. The van der Waals surface area contributed by atoms with Crippen molar-refractivity contribution in [3.05, 3.63) is 71.7 Å². The molecule has 7 nitrogen and oxygen atoms in total. The molecule has 4 rings (SSSR count). The third-order valence-electron chi connectivity index (χ3n) is 4.49. The molecule has 0 atom stereocenters. The molecule has 0 unspecified atom stereocenters. The maximum atomic E-state index is 13.6. The molecule has 1 N–H and O–H groups in total. The van der Waals surface area contributed by atoms with Crippen LogP contribution in [0.25, 0.3) is 23.0 Å². The van der Waals surface area contributed by atoms with Crippen LogP contribution < -0.4 is 5.32 Å². The molecule has 9 heteroatoms. The number of halogens is 2. The fourth-order valence-electron chi connectivity index (χ4n) is 2.84. The van der Waals surface area contributed by atoms with E-state index in [0.29, 0.717) is 28.3 Å². The molecule has 2 aromatic heterocycles. The molecule has 0 saturated heterocycles. The average Bonchev–Trinajstić information content (AvgIpc) is 3.33. The van der Waals surface area contributed by atoms with Crippen molar-refractivity contribution in [2.45, 2.75) is 20.4 Å². The highest BCUT2D eigenvalue weighted by Crippen LogP contribution is 2.22. The summed E-state index contributed by atoms with van der Waals surface area (Å²) in [7, 11) is 0. The normalized spacial score (nSPS) is 10.9. The van der Waals surface area contributed by atoms with Gasteiger partial charge >= 0.3 is 0 Å². The molecule has 30 heavy (non-hydrogen) atoms. The maximum Gasteiger partial charge on any atom is 0.258 e. The first-order valence-corrected chi connectivity index (χ1v) is 9.09. The monoisotopic (exact) mass is 409 g/mol. The van der Waals surface area contributed by atoms with Crippen molar-refractivity contribution in [1.29, 1.82) is 0 Å². The number of carbonyl (C=O) groups is 1. The Hall–Kier alpha value is -3.88. The number of hydrogen-bond acceptors (Lipinski definition) is 5. The summed E-state index contributed by atoms with van der Waals surface area (Å²) in [4.78, 5) is 21.0. The molecule has 0 radical (unpaired) electrons. The van der Waals surface area contributed by atoms with E-state index < -0.39 is 0 Å². The van der Waals surface area contributed by atoms with Gasteiger partial charge in [0.1, 0.15) is 29.7 Å². The summed E-state index contributed by atoms with van der Waals surface area (Å²) >= 11 is 0. The van der Waals surface area contributed by atoms with Gasteiger partial charge in [0, 0.05) is 17.4 Å². The van der Waals surface area contributed by atoms with Crippen molar-refractivity contribution in [3.63, 3.8) is 0 Å². The van der Waals surface area contributed by atoms with Gasteiger partial charge in [0.05, 0.1) is 0 Å². The predicted octanol–water partition coefficient (Wildman–Crippen LogP) is 4.13. The largest absolute Gasteiger partial charge is 0.334 e. The lowest BCUT2D eigenvalue weighted by atomic mass is 10.2. The standard InChI is InChI=1S/C21H17F2N5O2/c1-12-3-8-16(9-17(12)23)25-19(29)11-28-10-18(24-13(28)2)20-26-21(30-27-20)14-4-6-15(22)7-5-14/h3-10H,11H2,1-2H3,(H,25,29). The van der Waals surface area contributed by atoms with Crippen molar-refractivity contribution in [2.24, 2.45) is 0 Å². The zero-order valence-corrected chi connectivity index (χ0v) is 16.2. The number of carbonyl (C=O) groups excluding carboxylic acids is 1. The van der Waals surface area contributed by atoms with Crippen LogP contribution in [-0.4, -0.2) is 25.6 Å². The van der Waals surface area contributed by atoms with Crippen molar-refractivity contribution in [1.82, 2.24) is 19.7 Å². The quantitative estimate of drug-likeness (QED) is 0.536. The summed E-state index contributed by atoms with van der Waals surface area (Å²) < 4.78 is 33.6. The van der Waals surface area contributed by atoms with Gasteiger partial charge in [-0.15, -0.1) is 0 Å². The molecule has 152 valence electrons. The van der Waals surface area contributed by atoms with Gasteiger partial charge in [-0.05, 0) is 55.8 Å². The van der Waals surface area contributed by atoms with Crippen molar-refractivity contribution >= 4 is 11.6 Å². The second-order valence-corrected chi connectivity index (χ2v) is 6.74. The maximum absolute atomic E-state index is 13.6. The van der Waals surface area contributed by atoms with Gasteiger partial charge in [0.2, 0.25) is 11.7 Å². The van der Waals surface area contributed by atoms with E-state index in [-0.39, 0.29) is 35.8 Å². The van der Waals surface area contributed by atoms with E-state index in [0.717, 1.165) is 0 Å². The Kier molecular flexibility index (Phi) is 5.09. The molecule has 1 amide bonds. The van der Waals surface area contributed by atoms with Crippen molar-refractivity contribution in [2.75, 3.05) is 5.32 Å². The Morgan fingerprint density at radius 1 is 1.10 bits per heavy atom. The van der Waals surface area contributed by atoms with Gasteiger partial charge in [-0.2, -0.15) is 4.98 Å². The first-order chi connectivity index (χ1) is 14.4. The molecular formula is C21H17F2N5O2. The average molecular weight is 409 g/mol. The number of hydrogen-bond donors (Lipinski definition) is 1. The number of anilines is 1. The van der Waals surface area contributed by atoms with Gasteiger partial charge in [0.15, 0.2) is 0 Å². The fraction of sp³-hybridized carbons (Fsp3) is 0.143. The van der Waals surface area contributed by atoms with E-state index in [2.05, 4.69) is 20.4 Å². The molecule has 0 bridgehead atoms. The molecule has 2 aromatic carbocycles. The Bertz CT molecular complexity index is 1210. The number of imidazole rings is 1. The SMILES string of the molecule is Cc1ccc(NC(=O)Cn2cc(-c3noc(-c4ccc(F)cc4)n3)nc2C)cc1F. The molecule has 0 aliphatic rings. The van der Waals surface area contributed by atoms with Crippen LogP contribution in [0.1, 0.15) is 11.4 Å². The minimum Gasteiger partial charge on any atom is -0.334 e. The van der Waals surface area contributed by atoms with Gasteiger partial charge in [-0.1, -0.05) is 11.2 Å². The molecule has 0 spiro atoms. The molecule has 0 saturated carbocycles. The first-order valence-electron chi connectivity index (χ1n) is 9.09. The Labute approximate surface area is 170 Å². The third-order valence-corrected chi connectivity index (χ3v) is 4.49. The van der Waals surface area contributed by atoms with E-state index in [9.17, 15) is 13.6 Å². The number of nitrogens with one attached hydrogen (secondary N) is 1. The van der Waals surface area contributed by atoms with Crippen LogP contribution >= 0.6 is 0 Å². The summed E-state index contributed by atoms with van der Waals surface area (Å²) in [5.41, 5.74) is 1.89. The second kappa shape index (κ2) is 7.86. The zero-order chi connectivity index (χ0) is 21.3. The molecular weight excluding hydrogens is 392 g/mol. The van der Waals surface area contributed by atoms with Gasteiger partial charge < -0.3 is 14.4 Å². The fourth-order valence-corrected chi connectivity index (χ4v) is 2.84. The molecule has 4 aromatic rings. The van der Waals surface area contributed by atoms with E-state index in [1.165, 1.54) is 30.3 Å². The van der Waals surface area contributed by atoms with E-state index in [1.54, 1.807) is 36.7 Å². The molecule has 2 heterocycles. The third kappa shape index (κ3) is 4.09. The number of aromatic nitrogens is 4. The summed E-state index contributed by atoms with van der Waals surface area (Å²) in [6.45, 7) is 3.37. The predicted molar refractivity (Wildman–Crippen MR) is 105 cm³/mol. The first kappa shape index (κ1) is 19.4. The van der Waals surface area contributed by atoms with Crippen LogP contribution in [0.2, 0.25) is 0 Å². The number of benzene rings is 2. The van der Waals surface area contributed by atoms with Crippen LogP contribution in [0.15, 0.2) is 53.2 Å². The van der Waals surface area contributed by atoms with Crippen LogP contribution in [0.5, 0.6) is 0 Å². The number of amides is 1. The van der Waals surface area contributed by atoms with Crippen LogP contribution in [0, 0.1) is 25.5 Å². The minimum absolute atomic E-state index is 0.0169. The number of rotatable bonds is 5. The van der Waals surface area contributed by atoms with Crippen molar-refractivity contribution < 1.29 is 18.1 Å². The van der Waals surface area contributed by atoms with Crippen LogP contribution in [0.3, 0.4) is 0 Å². The van der Waals surface area contributed by atoms with E-state index in [1.807, 2.05) is 0 Å². The molecule has 0 aliphatic carbocycles. The van der Waals surface area contributed by atoms with Crippen LogP contribution in [-0.2, 0) is 11.3 Å². The summed E-state index contributed by atoms with van der Waals surface area (Å²) in [5.74, 6) is -0.0233. The zero-order valence-electron chi connectivity index (χ0n) is 16.2. The van der Waals surface area contributed by atoms with E-state index >= 15 is 0 Å². The molecule has 0 fully saturated rings. The lowest BCUT2D eigenvalue weighted by molar-refractivity contribution is -0.116. The van der Waals surface area contributed by atoms with Crippen LogP contribution in [0.4, 0.5) is 14.5 Å². The van der Waals surface area contributed by atoms with E-state index in [4.69, 9.17) is 4.52 Å². The van der Waals surface area contributed by atoms with Gasteiger partial charge in [-0.3, -0.25) is 4.79 Å². The highest BCUT2D eigenvalue weighted by molar-refractivity contribution is 5.90. The Morgan fingerprint density at radius 3 is 2.60 bits per heavy atom. The smallest absolute Gasteiger partial charge is 0.258 e. The lowest BCUT2D eigenvalue weighted by Crippen LogP contribution is -2.19. The highest BCUT2D eigenvalue weighted by atomic mass is 19.1. The summed E-state index contributed by atoms with van der Waals surface area (Å²) in [6.07, 6.45) is 1.63. The van der Waals surface area contributed by atoms with Gasteiger partial charge in [0.25, 0.3) is 5.89 Å². The second-order valence-electron chi connectivity index (χ2n) is 6.74. The highest BCUT2D eigenvalue weighted by Gasteiger charge is 2.16. The Balaban J connectivity index is 1.48. The number of aryl methyl sites for hydroxylation is 2. The number of nitrogens with zero attached hydrogens (tertiary/aromatic N) is 4. The molecule has 0 aliphatic heterocycles. The van der Waals surface area contributed by atoms with Crippen molar-refractivity contribution in [3.8, 4) is 23.0 Å². The minimum atomic E-state index is -0.386.